The zero-order valence-electron chi connectivity index (χ0n) is 41.1. The van der Waals surface area contributed by atoms with Crippen molar-refractivity contribution in [1.29, 1.82) is 0 Å². The maximum absolute atomic E-state index is 12.8. The summed E-state index contributed by atoms with van der Waals surface area (Å²) in [5.74, 6) is -0.930. The van der Waals surface area contributed by atoms with Gasteiger partial charge in [-0.2, -0.15) is 0 Å². The summed E-state index contributed by atoms with van der Waals surface area (Å²) < 4.78 is 16.8. The highest BCUT2D eigenvalue weighted by atomic mass is 16.6. The third kappa shape index (κ3) is 49.5. The van der Waals surface area contributed by atoms with Crippen LogP contribution in [0.3, 0.4) is 0 Å². The summed E-state index contributed by atoms with van der Waals surface area (Å²) in [6.45, 7) is 6.38. The monoisotopic (exact) mass is 877 g/mol. The fourth-order valence-corrected chi connectivity index (χ4v) is 7.04. The van der Waals surface area contributed by atoms with Gasteiger partial charge in [-0.05, 0) is 89.9 Å². The molecule has 1 atom stereocenters. The smallest absolute Gasteiger partial charge is 0.306 e. The number of rotatable bonds is 46. The van der Waals surface area contributed by atoms with Crippen LogP contribution in [0.25, 0.3) is 0 Å². The Kier molecular flexibility index (Phi) is 48.5. The van der Waals surface area contributed by atoms with E-state index in [1.807, 2.05) is 0 Å². The van der Waals surface area contributed by atoms with Gasteiger partial charge in [-0.3, -0.25) is 14.4 Å². The lowest BCUT2D eigenvalue weighted by Crippen LogP contribution is -2.30. The van der Waals surface area contributed by atoms with Crippen LogP contribution in [0.5, 0.6) is 0 Å². The van der Waals surface area contributed by atoms with Crippen molar-refractivity contribution in [3.05, 3.63) is 85.1 Å². The van der Waals surface area contributed by atoms with E-state index in [4.69, 9.17) is 14.2 Å². The largest absolute Gasteiger partial charge is 0.462 e. The Morgan fingerprint density at radius 3 is 0.968 bits per heavy atom. The maximum Gasteiger partial charge on any atom is 0.306 e. The molecular formula is C57H96O6. The van der Waals surface area contributed by atoms with E-state index >= 15 is 0 Å². The molecule has 0 radical (unpaired) electrons. The van der Waals surface area contributed by atoms with Crippen molar-refractivity contribution in [3.63, 3.8) is 0 Å². The molecule has 0 rings (SSSR count). The third-order valence-corrected chi connectivity index (χ3v) is 10.9. The summed E-state index contributed by atoms with van der Waals surface area (Å²) >= 11 is 0. The van der Waals surface area contributed by atoms with E-state index in [1.54, 1.807) is 0 Å². The van der Waals surface area contributed by atoms with Gasteiger partial charge >= 0.3 is 17.9 Å². The summed E-state index contributed by atoms with van der Waals surface area (Å²) in [6, 6.07) is 0. The quantitative estimate of drug-likeness (QED) is 0.0262. The molecule has 0 heterocycles. The van der Waals surface area contributed by atoms with Gasteiger partial charge < -0.3 is 14.2 Å². The summed E-state index contributed by atoms with van der Waals surface area (Å²) in [5.41, 5.74) is 0. The number of unbranched alkanes of at least 4 members (excludes halogenated alkanes) is 21. The van der Waals surface area contributed by atoms with Crippen LogP contribution in [0.2, 0.25) is 0 Å². The van der Waals surface area contributed by atoms with Crippen molar-refractivity contribution in [1.82, 2.24) is 0 Å². The molecule has 0 aromatic heterocycles. The van der Waals surface area contributed by atoms with Crippen LogP contribution in [-0.2, 0) is 28.6 Å². The minimum atomic E-state index is -0.792. The zero-order valence-corrected chi connectivity index (χ0v) is 41.1. The number of hydrogen-bond acceptors (Lipinski definition) is 6. The number of carbonyl (C=O) groups is 3. The Bertz CT molecular complexity index is 1240. The number of hydrogen-bond donors (Lipinski definition) is 0. The van der Waals surface area contributed by atoms with Gasteiger partial charge in [0, 0.05) is 19.3 Å². The first-order valence-electron chi connectivity index (χ1n) is 26.1. The molecular weight excluding hydrogens is 781 g/mol. The van der Waals surface area contributed by atoms with E-state index in [1.165, 1.54) is 64.2 Å². The standard InChI is InChI=1S/C57H96O6/c1-4-7-10-13-16-19-22-25-27-28-30-33-35-38-41-44-47-50-56(59)62-53-54(63-57(60)51-48-45-42-39-36-31-24-21-18-15-12-9-6-3)52-61-55(58)49-46-43-40-37-34-32-29-26-23-20-17-14-11-8-5-2/h7-8,10-11,16-17,19-20,25-27,29-30,33,54H,4-6,9,12-15,18,21-24,28,31-32,34-53H2,1-3H3/b10-7-,11-8-,19-16-,20-17-,27-25-,29-26-,33-30-/t54-/m0/s1. The van der Waals surface area contributed by atoms with Crippen molar-refractivity contribution < 1.29 is 28.6 Å². The minimum Gasteiger partial charge on any atom is -0.462 e. The van der Waals surface area contributed by atoms with Crippen molar-refractivity contribution in [2.45, 2.75) is 245 Å². The molecule has 0 saturated carbocycles. The lowest BCUT2D eigenvalue weighted by Gasteiger charge is -2.18. The Morgan fingerprint density at radius 2 is 0.619 bits per heavy atom. The van der Waals surface area contributed by atoms with Gasteiger partial charge in [0.05, 0.1) is 0 Å². The number of esters is 3. The first-order valence-corrected chi connectivity index (χ1v) is 26.1. The molecule has 0 aliphatic heterocycles. The van der Waals surface area contributed by atoms with E-state index in [-0.39, 0.29) is 31.1 Å². The Morgan fingerprint density at radius 1 is 0.333 bits per heavy atom. The second-order valence-corrected chi connectivity index (χ2v) is 17.0. The van der Waals surface area contributed by atoms with Crippen molar-refractivity contribution in [2.75, 3.05) is 13.2 Å². The van der Waals surface area contributed by atoms with E-state index < -0.39 is 6.10 Å². The van der Waals surface area contributed by atoms with Gasteiger partial charge in [0.15, 0.2) is 6.10 Å². The number of allylic oxidation sites excluding steroid dienone is 14. The average molecular weight is 877 g/mol. The fraction of sp³-hybridized carbons (Fsp3) is 0.702. The predicted molar refractivity (Wildman–Crippen MR) is 270 cm³/mol. The second kappa shape index (κ2) is 51.2. The molecule has 0 aliphatic rings. The molecule has 63 heavy (non-hydrogen) atoms. The highest BCUT2D eigenvalue weighted by molar-refractivity contribution is 5.71. The molecule has 0 aromatic carbocycles. The number of carbonyl (C=O) groups excluding carboxylic acids is 3. The highest BCUT2D eigenvalue weighted by Gasteiger charge is 2.19. The van der Waals surface area contributed by atoms with E-state index in [9.17, 15) is 14.4 Å². The van der Waals surface area contributed by atoms with Crippen LogP contribution < -0.4 is 0 Å². The van der Waals surface area contributed by atoms with Crippen molar-refractivity contribution in [2.24, 2.45) is 0 Å². The Labute approximate surface area is 388 Å². The molecule has 0 amide bonds. The first kappa shape index (κ1) is 59.6. The molecule has 0 saturated heterocycles. The SMILES string of the molecule is CC/C=C\C/C=C\C/C=C\C/C=C\CCCCCCC(=O)OC[C@H](COC(=O)CCCCCCC/C=C\C/C=C\C/C=C\CC)OC(=O)CCCCCCCCCCCCCCC. The highest BCUT2D eigenvalue weighted by Crippen LogP contribution is 2.15. The molecule has 0 unspecified atom stereocenters. The molecule has 0 aliphatic carbocycles. The lowest BCUT2D eigenvalue weighted by atomic mass is 10.0. The minimum absolute atomic E-state index is 0.0925. The number of ether oxygens (including phenoxy) is 3. The Hall–Kier alpha value is -3.41. The van der Waals surface area contributed by atoms with E-state index in [0.717, 1.165) is 135 Å². The normalized spacial score (nSPS) is 12.7. The maximum atomic E-state index is 12.8. The van der Waals surface area contributed by atoms with Gasteiger partial charge in [-0.25, -0.2) is 0 Å². The van der Waals surface area contributed by atoms with E-state index in [2.05, 4.69) is 106 Å². The summed E-state index contributed by atoms with van der Waals surface area (Å²) in [4.78, 5) is 38.0. The molecule has 0 N–H and O–H groups in total. The molecule has 360 valence electrons. The molecule has 0 spiro atoms. The molecule has 0 fully saturated rings. The van der Waals surface area contributed by atoms with Crippen LogP contribution in [0, 0.1) is 0 Å². The van der Waals surface area contributed by atoms with E-state index in [0.29, 0.717) is 19.3 Å². The van der Waals surface area contributed by atoms with Gasteiger partial charge in [0.1, 0.15) is 13.2 Å². The van der Waals surface area contributed by atoms with Gasteiger partial charge in [0.25, 0.3) is 0 Å². The van der Waals surface area contributed by atoms with Crippen LogP contribution >= 0.6 is 0 Å². The van der Waals surface area contributed by atoms with Crippen molar-refractivity contribution >= 4 is 17.9 Å². The van der Waals surface area contributed by atoms with Crippen LogP contribution in [0.15, 0.2) is 85.1 Å². The van der Waals surface area contributed by atoms with Crippen LogP contribution in [0.1, 0.15) is 239 Å². The second-order valence-electron chi connectivity index (χ2n) is 17.0. The van der Waals surface area contributed by atoms with Gasteiger partial charge in [-0.1, -0.05) is 215 Å². The fourth-order valence-electron chi connectivity index (χ4n) is 7.04. The third-order valence-electron chi connectivity index (χ3n) is 10.9. The molecule has 6 heteroatoms. The van der Waals surface area contributed by atoms with Crippen LogP contribution in [0.4, 0.5) is 0 Å². The zero-order chi connectivity index (χ0) is 45.8. The topological polar surface area (TPSA) is 78.9 Å². The predicted octanol–water partition coefficient (Wildman–Crippen LogP) is 17.2. The van der Waals surface area contributed by atoms with Gasteiger partial charge in [-0.15, -0.1) is 0 Å². The summed E-state index contributed by atoms with van der Waals surface area (Å²) in [6.07, 6.45) is 65.6. The van der Waals surface area contributed by atoms with Crippen LogP contribution in [-0.4, -0.2) is 37.2 Å². The lowest BCUT2D eigenvalue weighted by molar-refractivity contribution is -0.167. The summed E-state index contributed by atoms with van der Waals surface area (Å²) in [7, 11) is 0. The first-order chi connectivity index (χ1) is 31.0. The van der Waals surface area contributed by atoms with Crippen molar-refractivity contribution in [3.8, 4) is 0 Å². The molecule has 6 nitrogen and oxygen atoms in total. The summed E-state index contributed by atoms with van der Waals surface area (Å²) in [5, 5.41) is 0. The molecule has 0 bridgehead atoms. The average Bonchev–Trinajstić information content (AvgIpc) is 3.28. The molecule has 0 aromatic rings. The Balaban J connectivity index is 4.44. The van der Waals surface area contributed by atoms with Gasteiger partial charge in [0.2, 0.25) is 0 Å².